The number of halogens is 1. The van der Waals surface area contributed by atoms with E-state index in [9.17, 15) is 4.79 Å². The maximum atomic E-state index is 12.4. The number of benzene rings is 1. The third kappa shape index (κ3) is 2.51. The number of piperidine rings is 1. The predicted octanol–water partition coefficient (Wildman–Crippen LogP) is 2.19. The highest BCUT2D eigenvalue weighted by atomic mass is 35.5. The molecule has 1 aliphatic heterocycles. The van der Waals surface area contributed by atoms with Gasteiger partial charge in [0.15, 0.2) is 0 Å². The summed E-state index contributed by atoms with van der Waals surface area (Å²) in [5, 5.41) is 4.43. The molecule has 0 radical (unpaired) electrons. The second-order valence-corrected chi connectivity index (χ2v) is 5.39. The van der Waals surface area contributed by atoms with Crippen molar-refractivity contribution in [3.05, 3.63) is 39.9 Å². The minimum atomic E-state index is -0.0528. The summed E-state index contributed by atoms with van der Waals surface area (Å²) in [5.41, 5.74) is 0.605. The molecule has 0 bridgehead atoms. The zero-order valence-electron chi connectivity index (χ0n) is 10.6. The summed E-state index contributed by atoms with van der Waals surface area (Å²) in [4.78, 5) is 16.8. The third-order valence-corrected chi connectivity index (χ3v) is 3.95. The lowest BCUT2D eigenvalue weighted by Crippen LogP contribution is -2.39. The fourth-order valence-corrected chi connectivity index (χ4v) is 2.86. The van der Waals surface area contributed by atoms with Crippen molar-refractivity contribution in [1.82, 2.24) is 14.9 Å². The van der Waals surface area contributed by atoms with Gasteiger partial charge in [0.2, 0.25) is 0 Å². The Balaban J connectivity index is 1.98. The van der Waals surface area contributed by atoms with Crippen LogP contribution in [0.3, 0.4) is 0 Å². The number of rotatable bonds is 2. The van der Waals surface area contributed by atoms with Crippen LogP contribution in [0.2, 0.25) is 5.02 Å². The van der Waals surface area contributed by atoms with Crippen molar-refractivity contribution in [3.8, 4) is 0 Å². The molecule has 0 amide bonds. The van der Waals surface area contributed by atoms with Crippen LogP contribution in [0.1, 0.15) is 19.3 Å². The smallest absolute Gasteiger partial charge is 0.262 e. The van der Waals surface area contributed by atoms with Gasteiger partial charge in [0, 0.05) is 12.6 Å². The molecule has 2 aromatic rings. The van der Waals surface area contributed by atoms with E-state index in [0.29, 0.717) is 28.5 Å². The summed E-state index contributed by atoms with van der Waals surface area (Å²) in [6, 6.07) is 5.71. The summed E-state index contributed by atoms with van der Waals surface area (Å²) < 4.78 is 1.66. The van der Waals surface area contributed by atoms with E-state index < -0.39 is 0 Å². The molecule has 2 heterocycles. The van der Waals surface area contributed by atoms with Crippen molar-refractivity contribution in [1.29, 1.82) is 0 Å². The van der Waals surface area contributed by atoms with Crippen LogP contribution >= 0.6 is 11.6 Å². The molecule has 0 aliphatic carbocycles. The molecule has 1 aromatic heterocycles. The fraction of sp³-hybridized carbons (Fsp3) is 0.429. The van der Waals surface area contributed by atoms with Crippen molar-refractivity contribution < 1.29 is 0 Å². The molecule has 1 aromatic carbocycles. The van der Waals surface area contributed by atoms with E-state index in [4.69, 9.17) is 11.6 Å². The van der Waals surface area contributed by atoms with Crippen molar-refractivity contribution in [2.75, 3.05) is 6.54 Å². The maximum Gasteiger partial charge on any atom is 0.262 e. The summed E-state index contributed by atoms with van der Waals surface area (Å²) in [5.74, 6) is 0. The van der Waals surface area contributed by atoms with Gasteiger partial charge < -0.3 is 5.32 Å². The lowest BCUT2D eigenvalue weighted by Gasteiger charge is -2.24. The average Bonchev–Trinajstić information content (AvgIpc) is 2.43. The van der Waals surface area contributed by atoms with E-state index in [1.807, 2.05) is 12.1 Å². The standard InChI is InChI=1S/C14H16ClN3O/c15-11-5-3-6-12-13(11)14(19)18(9-17-12)8-10-4-1-2-7-16-10/h3,5-6,9-10,16H,1-2,4,7-8H2. The molecule has 1 fully saturated rings. The highest BCUT2D eigenvalue weighted by Gasteiger charge is 2.15. The molecule has 5 heteroatoms. The Kier molecular flexibility index (Phi) is 3.53. The van der Waals surface area contributed by atoms with Crippen LogP contribution in [0.15, 0.2) is 29.3 Å². The summed E-state index contributed by atoms with van der Waals surface area (Å²) in [6.45, 7) is 1.69. The Labute approximate surface area is 116 Å². The van der Waals surface area contributed by atoms with Gasteiger partial charge in [-0.05, 0) is 31.5 Å². The number of fused-ring (bicyclic) bond motifs is 1. The van der Waals surface area contributed by atoms with Gasteiger partial charge in [-0.25, -0.2) is 4.98 Å². The van der Waals surface area contributed by atoms with E-state index >= 15 is 0 Å². The van der Waals surface area contributed by atoms with E-state index in [-0.39, 0.29) is 5.56 Å². The van der Waals surface area contributed by atoms with Crippen molar-refractivity contribution in [2.45, 2.75) is 31.8 Å². The zero-order valence-corrected chi connectivity index (χ0v) is 11.4. The molecule has 1 atom stereocenters. The largest absolute Gasteiger partial charge is 0.312 e. The second kappa shape index (κ2) is 5.31. The average molecular weight is 278 g/mol. The number of hydrogen-bond donors (Lipinski definition) is 1. The molecule has 100 valence electrons. The molecule has 0 spiro atoms. The van der Waals surface area contributed by atoms with Gasteiger partial charge in [-0.3, -0.25) is 9.36 Å². The number of aromatic nitrogens is 2. The van der Waals surface area contributed by atoms with Crippen LogP contribution in [-0.2, 0) is 6.54 Å². The molecule has 1 unspecified atom stereocenters. The van der Waals surface area contributed by atoms with Crippen LogP contribution in [0.5, 0.6) is 0 Å². The monoisotopic (exact) mass is 277 g/mol. The minimum absolute atomic E-state index is 0.0528. The van der Waals surface area contributed by atoms with Crippen molar-refractivity contribution in [3.63, 3.8) is 0 Å². The highest BCUT2D eigenvalue weighted by Crippen LogP contribution is 2.18. The van der Waals surface area contributed by atoms with Gasteiger partial charge in [0.25, 0.3) is 5.56 Å². The predicted molar refractivity (Wildman–Crippen MR) is 76.7 cm³/mol. The van der Waals surface area contributed by atoms with Crippen LogP contribution in [-0.4, -0.2) is 22.1 Å². The number of hydrogen-bond acceptors (Lipinski definition) is 3. The number of nitrogens with one attached hydrogen (secondary N) is 1. The van der Waals surface area contributed by atoms with Gasteiger partial charge in [-0.2, -0.15) is 0 Å². The molecular weight excluding hydrogens is 262 g/mol. The molecular formula is C14H16ClN3O. The second-order valence-electron chi connectivity index (χ2n) is 4.98. The molecule has 19 heavy (non-hydrogen) atoms. The first-order chi connectivity index (χ1) is 9.25. The van der Waals surface area contributed by atoms with Crippen molar-refractivity contribution in [2.24, 2.45) is 0 Å². The molecule has 1 aliphatic rings. The van der Waals surface area contributed by atoms with E-state index in [2.05, 4.69) is 10.3 Å². The van der Waals surface area contributed by atoms with Gasteiger partial charge in [0.1, 0.15) is 0 Å². The number of nitrogens with zero attached hydrogens (tertiary/aromatic N) is 2. The normalized spacial score (nSPS) is 19.7. The Hall–Kier alpha value is -1.39. The van der Waals surface area contributed by atoms with Crippen LogP contribution in [0.4, 0.5) is 0 Å². The Morgan fingerprint density at radius 2 is 2.32 bits per heavy atom. The van der Waals surface area contributed by atoms with E-state index in [1.165, 1.54) is 12.8 Å². The Bertz CT molecular complexity index is 647. The minimum Gasteiger partial charge on any atom is -0.312 e. The summed E-state index contributed by atoms with van der Waals surface area (Å²) in [7, 11) is 0. The molecule has 1 N–H and O–H groups in total. The lowest BCUT2D eigenvalue weighted by atomic mass is 10.1. The molecule has 0 saturated carbocycles. The van der Waals surface area contributed by atoms with Crippen LogP contribution in [0.25, 0.3) is 10.9 Å². The molecule has 3 rings (SSSR count). The quantitative estimate of drug-likeness (QED) is 0.915. The Morgan fingerprint density at radius 1 is 1.42 bits per heavy atom. The van der Waals surface area contributed by atoms with Crippen LogP contribution in [0, 0.1) is 0 Å². The van der Waals surface area contributed by atoms with Gasteiger partial charge >= 0.3 is 0 Å². The van der Waals surface area contributed by atoms with E-state index in [0.717, 1.165) is 13.0 Å². The van der Waals surface area contributed by atoms with Gasteiger partial charge in [0.05, 0.1) is 22.3 Å². The van der Waals surface area contributed by atoms with E-state index in [1.54, 1.807) is 17.0 Å². The first-order valence-corrected chi connectivity index (χ1v) is 7.00. The molecule has 4 nitrogen and oxygen atoms in total. The highest BCUT2D eigenvalue weighted by molar-refractivity contribution is 6.35. The molecule has 1 saturated heterocycles. The van der Waals surface area contributed by atoms with Crippen LogP contribution < -0.4 is 10.9 Å². The SMILES string of the molecule is O=c1c2c(Cl)cccc2ncn1CC1CCCCN1. The van der Waals surface area contributed by atoms with Gasteiger partial charge in [-0.1, -0.05) is 24.1 Å². The Morgan fingerprint density at radius 3 is 3.11 bits per heavy atom. The first kappa shape index (κ1) is 12.6. The third-order valence-electron chi connectivity index (χ3n) is 3.63. The summed E-state index contributed by atoms with van der Waals surface area (Å²) >= 11 is 6.11. The summed E-state index contributed by atoms with van der Waals surface area (Å²) in [6.07, 6.45) is 5.16. The topological polar surface area (TPSA) is 46.9 Å². The lowest BCUT2D eigenvalue weighted by molar-refractivity contribution is 0.359. The van der Waals surface area contributed by atoms with Gasteiger partial charge in [-0.15, -0.1) is 0 Å². The fourth-order valence-electron chi connectivity index (χ4n) is 2.61. The van der Waals surface area contributed by atoms with Crippen molar-refractivity contribution >= 4 is 22.5 Å². The zero-order chi connectivity index (χ0) is 13.2. The first-order valence-electron chi connectivity index (χ1n) is 6.63. The maximum absolute atomic E-state index is 12.4.